The van der Waals surface area contributed by atoms with Gasteiger partial charge < -0.3 is 20.7 Å². The van der Waals surface area contributed by atoms with E-state index in [9.17, 15) is 14.4 Å². The lowest BCUT2D eigenvalue weighted by atomic mass is 9.76. The van der Waals surface area contributed by atoms with Gasteiger partial charge >= 0.3 is 6.03 Å². The SMILES string of the molecule is COc1ccc(C2C(C(=O)c3ccccc3)C(c3ccccc3)C(C(N)=O)N2C(=O)NC(C)C)cc1. The van der Waals surface area contributed by atoms with Crippen LogP contribution in [-0.2, 0) is 4.79 Å². The maximum absolute atomic E-state index is 14.2. The number of likely N-dealkylation sites (tertiary alicyclic amines) is 1. The fraction of sp³-hybridized carbons (Fsp3) is 0.276. The van der Waals surface area contributed by atoms with Crippen molar-refractivity contribution in [1.29, 1.82) is 0 Å². The number of methoxy groups -OCH3 is 1. The average Bonchev–Trinajstić information content (AvgIpc) is 3.25. The molecular weight excluding hydrogens is 454 g/mol. The number of hydrogen-bond acceptors (Lipinski definition) is 4. The van der Waals surface area contributed by atoms with Gasteiger partial charge in [-0.2, -0.15) is 0 Å². The molecule has 4 unspecified atom stereocenters. The van der Waals surface area contributed by atoms with E-state index in [0.29, 0.717) is 16.9 Å². The van der Waals surface area contributed by atoms with Crippen LogP contribution in [0.25, 0.3) is 0 Å². The number of urea groups is 1. The van der Waals surface area contributed by atoms with Crippen molar-refractivity contribution >= 4 is 17.7 Å². The molecule has 3 amide bonds. The number of carbonyl (C=O) groups excluding carboxylic acids is 3. The Morgan fingerprint density at radius 1 is 0.861 bits per heavy atom. The van der Waals surface area contributed by atoms with E-state index in [2.05, 4.69) is 5.32 Å². The summed E-state index contributed by atoms with van der Waals surface area (Å²) in [7, 11) is 1.57. The molecule has 4 atom stereocenters. The lowest BCUT2D eigenvalue weighted by Gasteiger charge is -2.31. The third-order valence-electron chi connectivity index (χ3n) is 6.61. The highest BCUT2D eigenvalue weighted by Crippen LogP contribution is 2.51. The fourth-order valence-corrected chi connectivity index (χ4v) is 5.14. The molecule has 7 heteroatoms. The van der Waals surface area contributed by atoms with Crippen molar-refractivity contribution in [2.24, 2.45) is 11.7 Å². The van der Waals surface area contributed by atoms with E-state index in [1.165, 1.54) is 4.90 Å². The summed E-state index contributed by atoms with van der Waals surface area (Å²) in [6.07, 6.45) is 0. The zero-order valence-electron chi connectivity index (χ0n) is 20.6. The summed E-state index contributed by atoms with van der Waals surface area (Å²) < 4.78 is 5.32. The summed E-state index contributed by atoms with van der Waals surface area (Å²) in [5, 5.41) is 2.91. The Bertz CT molecular complexity index is 1210. The monoisotopic (exact) mass is 485 g/mol. The highest BCUT2D eigenvalue weighted by molar-refractivity contribution is 6.01. The van der Waals surface area contributed by atoms with E-state index in [0.717, 1.165) is 5.56 Å². The van der Waals surface area contributed by atoms with Gasteiger partial charge in [0.25, 0.3) is 0 Å². The molecule has 3 N–H and O–H groups in total. The Morgan fingerprint density at radius 2 is 1.44 bits per heavy atom. The summed E-state index contributed by atoms with van der Waals surface area (Å²) in [4.78, 5) is 42.3. The minimum Gasteiger partial charge on any atom is -0.497 e. The quantitative estimate of drug-likeness (QED) is 0.487. The van der Waals surface area contributed by atoms with Crippen molar-refractivity contribution in [3.63, 3.8) is 0 Å². The van der Waals surface area contributed by atoms with Gasteiger partial charge in [0.05, 0.1) is 19.1 Å². The van der Waals surface area contributed by atoms with Crippen molar-refractivity contribution in [3.8, 4) is 5.75 Å². The first-order valence-corrected chi connectivity index (χ1v) is 12.0. The zero-order valence-corrected chi connectivity index (χ0v) is 20.6. The maximum atomic E-state index is 14.2. The minimum absolute atomic E-state index is 0.156. The van der Waals surface area contributed by atoms with Crippen molar-refractivity contribution in [1.82, 2.24) is 10.2 Å². The van der Waals surface area contributed by atoms with Gasteiger partial charge in [0.15, 0.2) is 5.78 Å². The number of primary amides is 1. The molecule has 3 aromatic rings. The van der Waals surface area contributed by atoms with E-state index in [1.54, 1.807) is 43.5 Å². The van der Waals surface area contributed by atoms with Crippen LogP contribution in [0.2, 0.25) is 0 Å². The third-order valence-corrected chi connectivity index (χ3v) is 6.61. The number of ketones is 1. The molecule has 1 saturated heterocycles. The third kappa shape index (κ3) is 4.82. The largest absolute Gasteiger partial charge is 0.497 e. The average molecular weight is 486 g/mol. The topological polar surface area (TPSA) is 102 Å². The predicted octanol–water partition coefficient (Wildman–Crippen LogP) is 4.31. The van der Waals surface area contributed by atoms with Gasteiger partial charge in [0, 0.05) is 17.5 Å². The number of carbonyl (C=O) groups is 3. The lowest BCUT2D eigenvalue weighted by molar-refractivity contribution is -0.122. The summed E-state index contributed by atoms with van der Waals surface area (Å²) in [5.41, 5.74) is 7.98. The molecule has 0 saturated carbocycles. The van der Waals surface area contributed by atoms with Crippen LogP contribution < -0.4 is 15.8 Å². The number of amides is 3. The first-order chi connectivity index (χ1) is 17.3. The normalized spacial score (nSPS) is 21.3. The summed E-state index contributed by atoms with van der Waals surface area (Å²) in [6.45, 7) is 3.69. The molecule has 1 heterocycles. The number of benzene rings is 3. The van der Waals surface area contributed by atoms with E-state index in [1.807, 2.05) is 62.4 Å². The van der Waals surface area contributed by atoms with Crippen molar-refractivity contribution < 1.29 is 19.1 Å². The first kappa shape index (κ1) is 25.0. The molecule has 0 bridgehead atoms. The lowest BCUT2D eigenvalue weighted by Crippen LogP contribution is -2.51. The summed E-state index contributed by atoms with van der Waals surface area (Å²) in [5.74, 6) is -1.56. The van der Waals surface area contributed by atoms with Gasteiger partial charge in [0.2, 0.25) is 5.91 Å². The van der Waals surface area contributed by atoms with Crippen LogP contribution in [0.5, 0.6) is 5.75 Å². The van der Waals surface area contributed by atoms with Crippen LogP contribution >= 0.6 is 0 Å². The second-order valence-electron chi connectivity index (χ2n) is 9.27. The molecule has 0 aliphatic carbocycles. The van der Waals surface area contributed by atoms with Crippen LogP contribution in [0.4, 0.5) is 4.79 Å². The second kappa shape index (κ2) is 10.6. The van der Waals surface area contributed by atoms with E-state index in [-0.39, 0.29) is 11.8 Å². The van der Waals surface area contributed by atoms with Gasteiger partial charge in [0.1, 0.15) is 11.8 Å². The molecule has 7 nitrogen and oxygen atoms in total. The van der Waals surface area contributed by atoms with E-state index >= 15 is 0 Å². The molecule has 4 rings (SSSR count). The number of rotatable bonds is 7. The maximum Gasteiger partial charge on any atom is 0.318 e. The van der Waals surface area contributed by atoms with Crippen molar-refractivity contribution in [3.05, 3.63) is 102 Å². The minimum atomic E-state index is -1.03. The number of nitrogens with one attached hydrogen (secondary N) is 1. The molecule has 0 radical (unpaired) electrons. The molecule has 3 aromatic carbocycles. The zero-order chi connectivity index (χ0) is 25.8. The molecule has 1 fully saturated rings. The van der Waals surface area contributed by atoms with Gasteiger partial charge in [-0.05, 0) is 37.1 Å². The molecular formula is C29H31N3O4. The van der Waals surface area contributed by atoms with Gasteiger partial charge in [-0.3, -0.25) is 9.59 Å². The Morgan fingerprint density at radius 3 is 1.97 bits per heavy atom. The molecule has 36 heavy (non-hydrogen) atoms. The first-order valence-electron chi connectivity index (χ1n) is 12.0. The molecule has 186 valence electrons. The summed E-state index contributed by atoms with van der Waals surface area (Å²) >= 11 is 0. The number of ether oxygens (including phenoxy) is 1. The highest BCUT2D eigenvalue weighted by Gasteiger charge is 2.57. The van der Waals surface area contributed by atoms with Crippen molar-refractivity contribution in [2.45, 2.75) is 37.9 Å². The second-order valence-corrected chi connectivity index (χ2v) is 9.27. The highest BCUT2D eigenvalue weighted by atomic mass is 16.5. The Labute approximate surface area is 211 Å². The van der Waals surface area contributed by atoms with Crippen molar-refractivity contribution in [2.75, 3.05) is 7.11 Å². The van der Waals surface area contributed by atoms with Gasteiger partial charge in [-0.1, -0.05) is 72.8 Å². The fourth-order valence-electron chi connectivity index (χ4n) is 5.14. The van der Waals surface area contributed by atoms with Crippen LogP contribution in [0, 0.1) is 5.92 Å². The molecule has 0 spiro atoms. The van der Waals surface area contributed by atoms with E-state index in [4.69, 9.17) is 10.5 Å². The predicted molar refractivity (Wildman–Crippen MR) is 138 cm³/mol. The van der Waals surface area contributed by atoms with Crippen LogP contribution in [0.15, 0.2) is 84.9 Å². The number of nitrogens with zero attached hydrogens (tertiary/aromatic N) is 1. The van der Waals surface area contributed by atoms with Crippen LogP contribution in [0.1, 0.15) is 47.3 Å². The molecule has 1 aliphatic heterocycles. The number of Topliss-reactive ketones (excluding diaryl/α,β-unsaturated/α-hetero) is 1. The molecule has 1 aliphatic rings. The Kier molecular flexibility index (Phi) is 7.38. The molecule has 0 aromatic heterocycles. The van der Waals surface area contributed by atoms with E-state index < -0.39 is 35.9 Å². The Balaban J connectivity index is 1.96. The standard InChI is InChI=1S/C29H31N3O4/c1-18(2)31-29(35)32-25(20-14-16-22(36-3)17-15-20)24(27(33)21-12-8-5-9-13-21)23(26(32)28(30)34)19-10-6-4-7-11-19/h4-18,23-26H,1-3H3,(H2,30,34)(H,31,35). The van der Waals surface area contributed by atoms with Gasteiger partial charge in [-0.15, -0.1) is 0 Å². The van der Waals surface area contributed by atoms with Crippen LogP contribution in [0.3, 0.4) is 0 Å². The number of hydrogen-bond donors (Lipinski definition) is 2. The Hall–Kier alpha value is -4.13. The summed E-state index contributed by atoms with van der Waals surface area (Å²) in [6, 6.07) is 23.1. The smallest absolute Gasteiger partial charge is 0.318 e. The van der Waals surface area contributed by atoms with Gasteiger partial charge in [-0.25, -0.2) is 4.79 Å². The number of nitrogens with two attached hydrogens (primary N) is 1. The van der Waals surface area contributed by atoms with Crippen LogP contribution in [-0.4, -0.2) is 41.8 Å².